The van der Waals surface area contributed by atoms with E-state index < -0.39 is 5.82 Å². The van der Waals surface area contributed by atoms with Gasteiger partial charge in [-0.25, -0.2) is 9.07 Å². The molecule has 1 heterocycles. The largest absolute Gasteiger partial charge is 0.496 e. The zero-order valence-electron chi connectivity index (χ0n) is 14.6. The second-order valence-corrected chi connectivity index (χ2v) is 6.09. The number of nitrogens with one attached hydrogen (secondary N) is 1. The van der Waals surface area contributed by atoms with Gasteiger partial charge in [0.15, 0.2) is 0 Å². The Labute approximate surface area is 145 Å². The average Bonchev–Trinajstić information content (AvgIpc) is 2.56. The number of aromatic nitrogens is 2. The highest BCUT2D eigenvalue weighted by Gasteiger charge is 2.12. The van der Waals surface area contributed by atoms with Crippen LogP contribution in [0.1, 0.15) is 20.3 Å². The number of hydrogen-bond acceptors (Lipinski definition) is 4. The fourth-order valence-electron chi connectivity index (χ4n) is 2.27. The average molecular weight is 347 g/mol. The van der Waals surface area contributed by atoms with Gasteiger partial charge in [-0.1, -0.05) is 13.8 Å². The second-order valence-electron chi connectivity index (χ2n) is 6.09. The number of benzene rings is 1. The number of methoxy groups -OCH3 is 1. The number of carbonyl (C=O) groups is 1. The summed E-state index contributed by atoms with van der Waals surface area (Å²) in [5.74, 6) is 0.0754. The van der Waals surface area contributed by atoms with Crippen molar-refractivity contribution in [2.75, 3.05) is 13.7 Å². The van der Waals surface area contributed by atoms with Crippen molar-refractivity contribution in [3.05, 3.63) is 46.5 Å². The summed E-state index contributed by atoms with van der Waals surface area (Å²) in [6.45, 7) is 4.51. The predicted octanol–water partition coefficient (Wildman–Crippen LogP) is 2.22. The maximum atomic E-state index is 13.3. The lowest BCUT2D eigenvalue weighted by molar-refractivity contribution is -0.121. The van der Waals surface area contributed by atoms with Crippen molar-refractivity contribution >= 4 is 5.91 Å². The maximum absolute atomic E-state index is 13.3. The van der Waals surface area contributed by atoms with E-state index in [1.54, 1.807) is 0 Å². The number of carbonyl (C=O) groups excluding carboxylic acids is 1. The molecule has 0 aliphatic heterocycles. The molecule has 134 valence electrons. The molecule has 0 spiro atoms. The van der Waals surface area contributed by atoms with Crippen LogP contribution in [0.25, 0.3) is 11.3 Å². The highest BCUT2D eigenvalue weighted by Crippen LogP contribution is 2.28. The molecule has 0 unspecified atom stereocenters. The van der Waals surface area contributed by atoms with E-state index in [-0.39, 0.29) is 18.0 Å². The zero-order valence-corrected chi connectivity index (χ0v) is 14.6. The SMILES string of the molecule is COc1cc(F)ccc1-c1ccc(=O)n(CC(=O)NCCC(C)C)n1. The summed E-state index contributed by atoms with van der Waals surface area (Å²) in [7, 11) is 1.43. The van der Waals surface area contributed by atoms with Crippen LogP contribution in [0.3, 0.4) is 0 Å². The van der Waals surface area contributed by atoms with Gasteiger partial charge in [-0.2, -0.15) is 5.10 Å². The lowest BCUT2D eigenvalue weighted by Crippen LogP contribution is -2.34. The molecule has 7 heteroatoms. The van der Waals surface area contributed by atoms with Crippen molar-refractivity contribution in [2.24, 2.45) is 5.92 Å². The quantitative estimate of drug-likeness (QED) is 0.833. The van der Waals surface area contributed by atoms with Crippen LogP contribution in [0.4, 0.5) is 4.39 Å². The third-order valence-electron chi connectivity index (χ3n) is 3.64. The van der Waals surface area contributed by atoms with E-state index in [4.69, 9.17) is 4.74 Å². The first kappa shape index (κ1) is 18.6. The Morgan fingerprint density at radius 3 is 2.76 bits per heavy atom. The number of rotatable bonds is 7. The van der Waals surface area contributed by atoms with Gasteiger partial charge in [-0.3, -0.25) is 9.59 Å². The first-order chi connectivity index (χ1) is 11.9. The van der Waals surface area contributed by atoms with Crippen LogP contribution in [-0.4, -0.2) is 29.3 Å². The summed E-state index contributed by atoms with van der Waals surface area (Å²) in [6.07, 6.45) is 0.862. The third kappa shape index (κ3) is 5.14. The van der Waals surface area contributed by atoms with Crippen molar-refractivity contribution in [3.8, 4) is 17.0 Å². The molecule has 0 atom stereocenters. The van der Waals surface area contributed by atoms with E-state index in [0.29, 0.717) is 29.5 Å². The lowest BCUT2D eigenvalue weighted by atomic mass is 10.1. The van der Waals surface area contributed by atoms with Gasteiger partial charge in [0.2, 0.25) is 5.91 Å². The first-order valence-corrected chi connectivity index (χ1v) is 8.09. The smallest absolute Gasteiger partial charge is 0.267 e. The second kappa shape index (κ2) is 8.41. The Kier molecular flexibility index (Phi) is 6.27. The van der Waals surface area contributed by atoms with Crippen LogP contribution in [0.15, 0.2) is 35.1 Å². The number of nitrogens with zero attached hydrogens (tertiary/aromatic N) is 2. The van der Waals surface area contributed by atoms with Crippen LogP contribution in [0.2, 0.25) is 0 Å². The van der Waals surface area contributed by atoms with Crippen LogP contribution >= 0.6 is 0 Å². The zero-order chi connectivity index (χ0) is 18.4. The van der Waals surface area contributed by atoms with Crippen LogP contribution in [-0.2, 0) is 11.3 Å². The Balaban J connectivity index is 2.21. The Morgan fingerprint density at radius 2 is 2.08 bits per heavy atom. The predicted molar refractivity (Wildman–Crippen MR) is 92.9 cm³/mol. The Morgan fingerprint density at radius 1 is 1.32 bits per heavy atom. The molecule has 2 aromatic rings. The number of halogens is 1. The fourth-order valence-corrected chi connectivity index (χ4v) is 2.27. The van der Waals surface area contributed by atoms with E-state index in [9.17, 15) is 14.0 Å². The molecular weight excluding hydrogens is 325 g/mol. The van der Waals surface area contributed by atoms with Gasteiger partial charge < -0.3 is 10.1 Å². The summed E-state index contributed by atoms with van der Waals surface area (Å²) in [4.78, 5) is 23.9. The van der Waals surface area contributed by atoms with Crippen molar-refractivity contribution in [1.82, 2.24) is 15.1 Å². The number of hydrogen-bond donors (Lipinski definition) is 1. The molecule has 0 saturated heterocycles. The molecule has 0 radical (unpaired) electrons. The highest BCUT2D eigenvalue weighted by molar-refractivity contribution is 5.75. The summed E-state index contributed by atoms with van der Waals surface area (Å²) < 4.78 is 19.6. The van der Waals surface area contributed by atoms with Crippen LogP contribution in [0.5, 0.6) is 5.75 Å². The third-order valence-corrected chi connectivity index (χ3v) is 3.64. The van der Waals surface area contributed by atoms with Crippen molar-refractivity contribution in [2.45, 2.75) is 26.8 Å². The van der Waals surface area contributed by atoms with Crippen molar-refractivity contribution in [1.29, 1.82) is 0 Å². The molecule has 6 nitrogen and oxygen atoms in total. The molecular formula is C18H22FN3O3. The van der Waals surface area contributed by atoms with Crippen LogP contribution in [0, 0.1) is 11.7 Å². The minimum Gasteiger partial charge on any atom is -0.496 e. The molecule has 1 aromatic carbocycles. The monoisotopic (exact) mass is 347 g/mol. The van der Waals surface area contributed by atoms with E-state index >= 15 is 0 Å². The molecule has 0 fully saturated rings. The lowest BCUT2D eigenvalue weighted by Gasteiger charge is -2.11. The van der Waals surface area contributed by atoms with Gasteiger partial charge >= 0.3 is 0 Å². The van der Waals surface area contributed by atoms with E-state index in [0.717, 1.165) is 11.1 Å². The molecule has 0 saturated carbocycles. The Bertz CT molecular complexity index is 802. The number of ether oxygens (including phenoxy) is 1. The molecule has 2 rings (SSSR count). The first-order valence-electron chi connectivity index (χ1n) is 8.09. The molecule has 25 heavy (non-hydrogen) atoms. The molecule has 1 amide bonds. The molecule has 1 N–H and O–H groups in total. The van der Waals surface area contributed by atoms with E-state index in [1.807, 2.05) is 0 Å². The van der Waals surface area contributed by atoms with Gasteiger partial charge in [-0.05, 0) is 30.5 Å². The molecule has 0 bridgehead atoms. The Hall–Kier alpha value is -2.70. The van der Waals surface area contributed by atoms with E-state index in [1.165, 1.54) is 37.4 Å². The minimum atomic E-state index is -0.432. The normalized spacial score (nSPS) is 10.8. The van der Waals surface area contributed by atoms with E-state index in [2.05, 4.69) is 24.3 Å². The van der Waals surface area contributed by atoms with Gasteiger partial charge in [0.05, 0.1) is 12.8 Å². The summed E-state index contributed by atoms with van der Waals surface area (Å²) in [5.41, 5.74) is 0.577. The topological polar surface area (TPSA) is 73.2 Å². The van der Waals surface area contributed by atoms with Crippen molar-refractivity contribution < 1.29 is 13.9 Å². The van der Waals surface area contributed by atoms with Gasteiger partial charge in [0.25, 0.3) is 5.56 Å². The van der Waals surface area contributed by atoms with Crippen LogP contribution < -0.4 is 15.6 Å². The highest BCUT2D eigenvalue weighted by atomic mass is 19.1. The summed E-state index contributed by atoms with van der Waals surface area (Å²) in [6, 6.07) is 6.89. The van der Waals surface area contributed by atoms with Gasteiger partial charge in [0, 0.05) is 24.2 Å². The van der Waals surface area contributed by atoms with Gasteiger partial charge in [0.1, 0.15) is 18.1 Å². The number of amides is 1. The molecule has 0 aliphatic carbocycles. The summed E-state index contributed by atoms with van der Waals surface area (Å²) in [5, 5.41) is 6.97. The maximum Gasteiger partial charge on any atom is 0.267 e. The molecule has 1 aromatic heterocycles. The summed E-state index contributed by atoms with van der Waals surface area (Å²) >= 11 is 0. The standard InChI is InChI=1S/C18H22FN3O3/c1-12(2)8-9-20-17(23)11-22-18(24)7-6-15(21-22)14-5-4-13(19)10-16(14)25-3/h4-7,10,12H,8-9,11H2,1-3H3,(H,20,23). The van der Waals surface area contributed by atoms with Gasteiger partial charge in [-0.15, -0.1) is 0 Å². The molecule has 0 aliphatic rings. The fraction of sp³-hybridized carbons (Fsp3) is 0.389. The van der Waals surface area contributed by atoms with Crippen molar-refractivity contribution in [3.63, 3.8) is 0 Å². The minimum absolute atomic E-state index is 0.172.